The summed E-state index contributed by atoms with van der Waals surface area (Å²) in [5, 5.41) is 6.80. The zero-order chi connectivity index (χ0) is 26.9. The van der Waals surface area contributed by atoms with Crippen LogP contribution in [-0.2, 0) is 16.0 Å². The molecule has 0 bridgehead atoms. The number of rotatable bonds is 9. The minimum Gasteiger partial charge on any atom is -0.493 e. The van der Waals surface area contributed by atoms with Crippen LogP contribution in [0.25, 0.3) is 0 Å². The number of carbonyl (C=O) groups excluding carboxylic acids is 2. The molecule has 0 atom stereocenters. The van der Waals surface area contributed by atoms with E-state index in [4.69, 9.17) is 35.9 Å². The fraction of sp³-hybridized carbons (Fsp3) is 0.423. The Labute approximate surface area is 222 Å². The third-order valence-corrected chi connectivity index (χ3v) is 6.31. The first-order valence-corrected chi connectivity index (χ1v) is 12.1. The normalized spacial score (nSPS) is 13.9. The average molecular weight is 532 g/mol. The molecule has 3 rings (SSSR count). The lowest BCUT2D eigenvalue weighted by Crippen LogP contribution is -2.45. The van der Waals surface area contributed by atoms with Crippen LogP contribution in [0.3, 0.4) is 0 Å². The molecule has 0 spiro atoms. The zero-order valence-corrected chi connectivity index (χ0v) is 22.5. The van der Waals surface area contributed by atoms with Gasteiger partial charge in [0.25, 0.3) is 0 Å². The number of carbonyl (C=O) groups is 2. The first kappa shape index (κ1) is 28.0. The molecular weight excluding hydrogens is 498 g/mol. The number of nitrogens with one attached hydrogen (secondary N) is 2. The van der Waals surface area contributed by atoms with Gasteiger partial charge in [0.05, 0.1) is 46.7 Å². The van der Waals surface area contributed by atoms with Crippen molar-refractivity contribution in [3.8, 4) is 17.2 Å². The van der Waals surface area contributed by atoms with Crippen LogP contribution in [0, 0.1) is 0 Å². The largest absolute Gasteiger partial charge is 0.493 e. The molecule has 0 saturated carbocycles. The van der Waals surface area contributed by atoms with E-state index in [0.717, 1.165) is 38.0 Å². The molecule has 200 valence electrons. The van der Waals surface area contributed by atoms with Crippen LogP contribution in [0.2, 0.25) is 0 Å². The maximum atomic E-state index is 12.0. The fourth-order valence-corrected chi connectivity index (χ4v) is 4.53. The van der Waals surface area contributed by atoms with Crippen molar-refractivity contribution in [1.82, 2.24) is 10.2 Å². The van der Waals surface area contributed by atoms with Gasteiger partial charge in [0.15, 0.2) is 16.6 Å². The summed E-state index contributed by atoms with van der Waals surface area (Å²) in [6.07, 6.45) is 1.78. The van der Waals surface area contributed by atoms with Gasteiger partial charge in [0, 0.05) is 31.4 Å². The summed E-state index contributed by atoms with van der Waals surface area (Å²) in [5.41, 5.74) is 2.00. The van der Waals surface area contributed by atoms with Gasteiger partial charge in [-0.05, 0) is 61.0 Å². The Kier molecular flexibility index (Phi) is 9.93. The highest BCUT2D eigenvalue weighted by Crippen LogP contribution is 2.38. The molecule has 1 aliphatic heterocycles. The average Bonchev–Trinajstić information content (AvgIpc) is 2.92. The van der Waals surface area contributed by atoms with E-state index in [1.54, 1.807) is 33.5 Å². The van der Waals surface area contributed by atoms with Gasteiger partial charge in [-0.1, -0.05) is 0 Å². The van der Waals surface area contributed by atoms with E-state index in [1.165, 1.54) is 20.3 Å². The molecule has 37 heavy (non-hydrogen) atoms. The Balaban J connectivity index is 1.58. The minimum atomic E-state index is -0.563. The molecule has 2 aromatic rings. The van der Waals surface area contributed by atoms with Gasteiger partial charge in [-0.3, -0.25) is 4.90 Å². The van der Waals surface area contributed by atoms with Crippen LogP contribution in [0.15, 0.2) is 30.3 Å². The van der Waals surface area contributed by atoms with E-state index in [0.29, 0.717) is 28.0 Å². The number of thiocarbonyl (C=S) groups is 1. The molecule has 2 aromatic carbocycles. The molecular formula is C26H33N3O7S. The second-order valence-corrected chi connectivity index (χ2v) is 8.87. The lowest BCUT2D eigenvalue weighted by molar-refractivity contribution is 0.0599. The molecule has 1 heterocycles. The summed E-state index contributed by atoms with van der Waals surface area (Å²) in [5.74, 6) is 0.723. The van der Waals surface area contributed by atoms with Crippen molar-refractivity contribution in [3.05, 3.63) is 47.0 Å². The number of hydrogen-bond donors (Lipinski definition) is 2. The molecule has 0 unspecified atom stereocenters. The molecule has 11 heteroatoms. The summed E-state index contributed by atoms with van der Waals surface area (Å²) >= 11 is 5.50. The predicted molar refractivity (Wildman–Crippen MR) is 143 cm³/mol. The molecule has 0 aromatic heterocycles. The standard InChI is InChI=1S/C26H33N3O7S/c1-32-21-10-16(11-22(33-2)23(21)34-3)15-29-8-6-19(7-9-29)27-26(37)28-20-13-17(24(30)35-4)12-18(14-20)25(31)36-5/h10-14,19H,6-9,15H2,1-5H3,(H2,27,28,37). The molecule has 0 amide bonds. The van der Waals surface area contributed by atoms with Crippen molar-refractivity contribution >= 4 is 35.0 Å². The number of ether oxygens (including phenoxy) is 5. The minimum absolute atomic E-state index is 0.181. The van der Waals surface area contributed by atoms with Gasteiger partial charge in [0.2, 0.25) is 5.75 Å². The van der Waals surface area contributed by atoms with Gasteiger partial charge in [0.1, 0.15) is 0 Å². The van der Waals surface area contributed by atoms with E-state index in [2.05, 4.69) is 15.5 Å². The second kappa shape index (κ2) is 13.1. The predicted octanol–water partition coefficient (Wildman–Crippen LogP) is 3.24. The number of hydrogen-bond acceptors (Lipinski definition) is 9. The molecule has 0 radical (unpaired) electrons. The van der Waals surface area contributed by atoms with Crippen molar-refractivity contribution in [1.29, 1.82) is 0 Å². The number of esters is 2. The smallest absolute Gasteiger partial charge is 0.337 e. The van der Waals surface area contributed by atoms with E-state index < -0.39 is 11.9 Å². The van der Waals surface area contributed by atoms with Crippen LogP contribution in [0.4, 0.5) is 5.69 Å². The number of piperidine rings is 1. The summed E-state index contributed by atoms with van der Waals surface area (Å²) in [7, 11) is 7.36. The van der Waals surface area contributed by atoms with Gasteiger partial charge >= 0.3 is 11.9 Å². The maximum absolute atomic E-state index is 12.0. The highest BCUT2D eigenvalue weighted by Gasteiger charge is 2.22. The second-order valence-electron chi connectivity index (χ2n) is 8.46. The molecule has 2 N–H and O–H groups in total. The number of methoxy groups -OCH3 is 5. The molecule has 1 saturated heterocycles. The van der Waals surface area contributed by atoms with Crippen molar-refractivity contribution < 1.29 is 33.3 Å². The number of nitrogens with zero attached hydrogens (tertiary/aromatic N) is 1. The fourth-order valence-electron chi connectivity index (χ4n) is 4.24. The van der Waals surface area contributed by atoms with Gasteiger partial charge in [-0.25, -0.2) is 9.59 Å². The van der Waals surface area contributed by atoms with Crippen LogP contribution < -0.4 is 24.8 Å². The topological polar surface area (TPSA) is 108 Å². The monoisotopic (exact) mass is 531 g/mol. The molecule has 1 fully saturated rings. The van der Waals surface area contributed by atoms with E-state index in [1.807, 2.05) is 12.1 Å². The van der Waals surface area contributed by atoms with Crippen LogP contribution in [0.5, 0.6) is 17.2 Å². The van der Waals surface area contributed by atoms with Gasteiger partial charge in [-0.15, -0.1) is 0 Å². The molecule has 0 aliphatic carbocycles. The molecule has 10 nitrogen and oxygen atoms in total. The summed E-state index contributed by atoms with van der Waals surface area (Å²) in [6, 6.07) is 8.69. The van der Waals surface area contributed by atoms with Gasteiger partial charge in [-0.2, -0.15) is 0 Å². The first-order valence-electron chi connectivity index (χ1n) is 11.7. The van der Waals surface area contributed by atoms with E-state index in [-0.39, 0.29) is 17.2 Å². The van der Waals surface area contributed by atoms with Crippen LogP contribution >= 0.6 is 12.2 Å². The Bertz CT molecular complexity index is 1070. The summed E-state index contributed by atoms with van der Waals surface area (Å²) in [4.78, 5) is 26.4. The SMILES string of the molecule is COC(=O)c1cc(NC(=S)NC2CCN(Cc3cc(OC)c(OC)c(OC)c3)CC2)cc(C(=O)OC)c1. The van der Waals surface area contributed by atoms with Crippen LogP contribution in [0.1, 0.15) is 39.1 Å². The Hall–Kier alpha value is -3.57. The zero-order valence-electron chi connectivity index (χ0n) is 21.7. The number of benzene rings is 2. The third-order valence-electron chi connectivity index (χ3n) is 6.09. The highest BCUT2D eigenvalue weighted by molar-refractivity contribution is 7.80. The lowest BCUT2D eigenvalue weighted by Gasteiger charge is -2.33. The van der Waals surface area contributed by atoms with Crippen molar-refractivity contribution in [2.24, 2.45) is 0 Å². The quantitative estimate of drug-likeness (QED) is 0.368. The Morgan fingerprint density at radius 3 is 1.86 bits per heavy atom. The highest BCUT2D eigenvalue weighted by atomic mass is 32.1. The van der Waals surface area contributed by atoms with Crippen LogP contribution in [-0.4, -0.2) is 76.6 Å². The van der Waals surface area contributed by atoms with E-state index in [9.17, 15) is 9.59 Å². The van der Waals surface area contributed by atoms with Crippen molar-refractivity contribution in [2.75, 3.05) is 54.0 Å². The summed E-state index contributed by atoms with van der Waals surface area (Å²) < 4.78 is 25.9. The van der Waals surface area contributed by atoms with Crippen molar-refractivity contribution in [3.63, 3.8) is 0 Å². The maximum Gasteiger partial charge on any atom is 0.337 e. The van der Waals surface area contributed by atoms with Crippen molar-refractivity contribution in [2.45, 2.75) is 25.4 Å². The molecule has 1 aliphatic rings. The van der Waals surface area contributed by atoms with Gasteiger partial charge < -0.3 is 34.3 Å². The first-order chi connectivity index (χ1) is 17.8. The third kappa shape index (κ3) is 7.23. The Morgan fingerprint density at radius 2 is 1.41 bits per heavy atom. The Morgan fingerprint density at radius 1 is 0.865 bits per heavy atom. The number of anilines is 1. The van der Waals surface area contributed by atoms with E-state index >= 15 is 0 Å². The number of likely N-dealkylation sites (tertiary alicyclic amines) is 1. The summed E-state index contributed by atoms with van der Waals surface area (Å²) in [6.45, 7) is 2.51. The lowest BCUT2D eigenvalue weighted by atomic mass is 10.0.